The van der Waals surface area contributed by atoms with Crippen molar-refractivity contribution in [2.45, 2.75) is 40.2 Å². The summed E-state index contributed by atoms with van der Waals surface area (Å²) in [4.78, 5) is 11.4. The third-order valence-electron chi connectivity index (χ3n) is 2.85. The predicted molar refractivity (Wildman–Crippen MR) is 79.7 cm³/mol. The van der Waals surface area contributed by atoms with E-state index in [9.17, 15) is 0 Å². The molecule has 0 spiro atoms. The number of anilines is 2. The first kappa shape index (κ1) is 13.1. The highest BCUT2D eigenvalue weighted by atomic mass is 32.1. The van der Waals surface area contributed by atoms with Crippen molar-refractivity contribution in [2.75, 3.05) is 17.2 Å². The van der Waals surface area contributed by atoms with E-state index >= 15 is 0 Å². The third kappa shape index (κ3) is 2.72. The minimum absolute atomic E-state index is 0.415. The molecule has 0 bridgehead atoms. The molecule has 98 valence electrons. The van der Waals surface area contributed by atoms with E-state index in [1.807, 2.05) is 0 Å². The fraction of sp³-hybridized carbons (Fsp3) is 0.538. The molecule has 2 rings (SSSR count). The van der Waals surface area contributed by atoms with Crippen LogP contribution in [0.3, 0.4) is 0 Å². The maximum atomic E-state index is 4.57. The van der Waals surface area contributed by atoms with Gasteiger partial charge < -0.3 is 10.6 Å². The van der Waals surface area contributed by atoms with E-state index in [1.54, 1.807) is 11.3 Å². The molecule has 2 aromatic heterocycles. The van der Waals surface area contributed by atoms with Crippen LogP contribution in [0.1, 0.15) is 32.1 Å². The zero-order chi connectivity index (χ0) is 13.1. The second-order valence-corrected chi connectivity index (χ2v) is 5.69. The SMILES string of the molecule is CCNc1nc(NC(C)CC)c2cc(C)sc2n1. The van der Waals surface area contributed by atoms with Crippen LogP contribution in [0.2, 0.25) is 0 Å². The number of aryl methyl sites for hydroxylation is 1. The first-order valence-electron chi connectivity index (χ1n) is 6.42. The maximum Gasteiger partial charge on any atom is 0.226 e. The molecule has 2 N–H and O–H groups in total. The standard InChI is InChI=1S/C13H20N4S/c1-5-8(3)15-11-10-7-9(4)18-12(10)17-13(16-11)14-6-2/h7-8H,5-6H2,1-4H3,(H2,14,15,16,17). The van der Waals surface area contributed by atoms with Crippen molar-refractivity contribution in [3.63, 3.8) is 0 Å². The summed E-state index contributed by atoms with van der Waals surface area (Å²) in [5.41, 5.74) is 0. The van der Waals surface area contributed by atoms with E-state index in [1.165, 1.54) is 4.88 Å². The van der Waals surface area contributed by atoms with Crippen LogP contribution in [-0.4, -0.2) is 22.6 Å². The lowest BCUT2D eigenvalue weighted by Gasteiger charge is -2.14. The first-order chi connectivity index (χ1) is 8.63. The zero-order valence-electron chi connectivity index (χ0n) is 11.4. The third-order valence-corrected chi connectivity index (χ3v) is 3.79. The van der Waals surface area contributed by atoms with E-state index in [4.69, 9.17) is 0 Å². The monoisotopic (exact) mass is 264 g/mol. The Hall–Kier alpha value is -1.36. The smallest absolute Gasteiger partial charge is 0.226 e. The van der Waals surface area contributed by atoms with Crippen LogP contribution in [0.25, 0.3) is 10.2 Å². The van der Waals surface area contributed by atoms with Gasteiger partial charge in [-0.15, -0.1) is 11.3 Å². The van der Waals surface area contributed by atoms with Gasteiger partial charge in [0, 0.05) is 17.5 Å². The lowest BCUT2D eigenvalue weighted by Crippen LogP contribution is -2.15. The van der Waals surface area contributed by atoms with Crippen molar-refractivity contribution in [3.05, 3.63) is 10.9 Å². The molecule has 0 aliphatic rings. The molecule has 0 saturated carbocycles. The van der Waals surface area contributed by atoms with Crippen molar-refractivity contribution in [1.29, 1.82) is 0 Å². The maximum absolute atomic E-state index is 4.57. The summed E-state index contributed by atoms with van der Waals surface area (Å²) >= 11 is 1.71. The fourth-order valence-corrected chi connectivity index (χ4v) is 2.60. The molecule has 18 heavy (non-hydrogen) atoms. The van der Waals surface area contributed by atoms with Crippen LogP contribution in [0, 0.1) is 6.92 Å². The second-order valence-electron chi connectivity index (χ2n) is 4.46. The molecule has 1 unspecified atom stereocenters. The molecule has 0 aromatic carbocycles. The van der Waals surface area contributed by atoms with Gasteiger partial charge in [-0.1, -0.05) is 6.92 Å². The van der Waals surface area contributed by atoms with E-state index in [-0.39, 0.29) is 0 Å². The minimum atomic E-state index is 0.415. The van der Waals surface area contributed by atoms with Crippen molar-refractivity contribution in [3.8, 4) is 0 Å². The topological polar surface area (TPSA) is 49.8 Å². The Balaban J connectivity index is 2.46. The Morgan fingerprint density at radius 1 is 1.33 bits per heavy atom. The number of thiophene rings is 1. The molecular formula is C13H20N4S. The molecule has 0 amide bonds. The summed E-state index contributed by atoms with van der Waals surface area (Å²) in [6, 6.07) is 2.57. The predicted octanol–water partition coefficient (Wildman–Crippen LogP) is 3.64. The quantitative estimate of drug-likeness (QED) is 0.865. The van der Waals surface area contributed by atoms with Crippen molar-refractivity contribution >= 4 is 33.3 Å². The Labute approximate surface area is 112 Å². The Bertz CT molecular complexity index is 535. The molecule has 2 heterocycles. The van der Waals surface area contributed by atoms with Crippen LogP contribution >= 0.6 is 11.3 Å². The molecule has 1 atom stereocenters. The second kappa shape index (κ2) is 5.52. The first-order valence-corrected chi connectivity index (χ1v) is 7.24. The van der Waals surface area contributed by atoms with Crippen molar-refractivity contribution in [2.24, 2.45) is 0 Å². The van der Waals surface area contributed by atoms with Crippen molar-refractivity contribution < 1.29 is 0 Å². The lowest BCUT2D eigenvalue weighted by atomic mass is 10.2. The van der Waals surface area contributed by atoms with Gasteiger partial charge in [-0.2, -0.15) is 4.98 Å². The largest absolute Gasteiger partial charge is 0.367 e. The highest BCUT2D eigenvalue weighted by Gasteiger charge is 2.11. The van der Waals surface area contributed by atoms with E-state index in [0.29, 0.717) is 12.0 Å². The number of nitrogens with zero attached hydrogens (tertiary/aromatic N) is 2. The molecule has 5 heteroatoms. The van der Waals surface area contributed by atoms with Gasteiger partial charge in [0.15, 0.2) is 0 Å². The summed E-state index contributed by atoms with van der Waals surface area (Å²) in [7, 11) is 0. The van der Waals surface area contributed by atoms with Gasteiger partial charge in [-0.05, 0) is 33.3 Å². The fourth-order valence-electron chi connectivity index (χ4n) is 1.72. The average molecular weight is 264 g/mol. The molecule has 0 fully saturated rings. The number of aromatic nitrogens is 2. The summed E-state index contributed by atoms with van der Waals surface area (Å²) in [5, 5.41) is 7.77. The van der Waals surface area contributed by atoms with E-state index in [2.05, 4.69) is 54.4 Å². The normalized spacial score (nSPS) is 12.7. The average Bonchev–Trinajstić information content (AvgIpc) is 2.70. The molecule has 0 saturated heterocycles. The minimum Gasteiger partial charge on any atom is -0.367 e. The summed E-state index contributed by atoms with van der Waals surface area (Å²) in [6.07, 6.45) is 1.07. The van der Waals surface area contributed by atoms with Gasteiger partial charge in [0.05, 0.1) is 5.39 Å². The van der Waals surface area contributed by atoms with Gasteiger partial charge in [0.1, 0.15) is 10.6 Å². The lowest BCUT2D eigenvalue weighted by molar-refractivity contribution is 0.760. The van der Waals surface area contributed by atoms with Crippen LogP contribution < -0.4 is 10.6 Å². The van der Waals surface area contributed by atoms with E-state index in [0.717, 1.165) is 29.0 Å². The Kier molecular flexibility index (Phi) is 4.01. The van der Waals surface area contributed by atoms with Gasteiger partial charge >= 0.3 is 0 Å². The number of fused-ring (bicyclic) bond motifs is 1. The van der Waals surface area contributed by atoms with Crippen LogP contribution in [0.15, 0.2) is 6.07 Å². The Morgan fingerprint density at radius 2 is 2.11 bits per heavy atom. The van der Waals surface area contributed by atoms with Crippen LogP contribution in [-0.2, 0) is 0 Å². The number of rotatable bonds is 5. The zero-order valence-corrected chi connectivity index (χ0v) is 12.2. The van der Waals surface area contributed by atoms with Crippen LogP contribution in [0.5, 0.6) is 0 Å². The molecule has 0 radical (unpaired) electrons. The van der Waals surface area contributed by atoms with Gasteiger partial charge in [0.2, 0.25) is 5.95 Å². The molecule has 4 nitrogen and oxygen atoms in total. The number of nitrogens with one attached hydrogen (secondary N) is 2. The number of hydrogen-bond donors (Lipinski definition) is 2. The van der Waals surface area contributed by atoms with Crippen LogP contribution in [0.4, 0.5) is 11.8 Å². The molecule has 0 aliphatic heterocycles. The Morgan fingerprint density at radius 3 is 2.78 bits per heavy atom. The highest BCUT2D eigenvalue weighted by Crippen LogP contribution is 2.30. The number of hydrogen-bond acceptors (Lipinski definition) is 5. The van der Waals surface area contributed by atoms with Gasteiger partial charge in [-0.25, -0.2) is 4.98 Å². The van der Waals surface area contributed by atoms with Gasteiger partial charge in [0.25, 0.3) is 0 Å². The summed E-state index contributed by atoms with van der Waals surface area (Å²) in [5.74, 6) is 1.65. The van der Waals surface area contributed by atoms with Gasteiger partial charge in [-0.3, -0.25) is 0 Å². The highest BCUT2D eigenvalue weighted by molar-refractivity contribution is 7.18. The van der Waals surface area contributed by atoms with E-state index < -0.39 is 0 Å². The molecule has 2 aromatic rings. The summed E-state index contributed by atoms with van der Waals surface area (Å²) < 4.78 is 0. The molecule has 0 aliphatic carbocycles. The van der Waals surface area contributed by atoms with Crippen molar-refractivity contribution in [1.82, 2.24) is 9.97 Å². The summed E-state index contributed by atoms with van der Waals surface area (Å²) in [6.45, 7) is 9.32. The molecular weight excluding hydrogens is 244 g/mol.